The van der Waals surface area contributed by atoms with Gasteiger partial charge in [-0.3, -0.25) is 4.79 Å². The van der Waals surface area contributed by atoms with Crippen molar-refractivity contribution in [1.29, 1.82) is 0 Å². The van der Waals surface area contributed by atoms with Crippen LogP contribution in [0.15, 0.2) is 59.7 Å². The summed E-state index contributed by atoms with van der Waals surface area (Å²) >= 11 is 0. The van der Waals surface area contributed by atoms with E-state index in [-0.39, 0.29) is 18.4 Å². The van der Waals surface area contributed by atoms with Gasteiger partial charge in [0.15, 0.2) is 0 Å². The van der Waals surface area contributed by atoms with Crippen LogP contribution in [-0.4, -0.2) is 18.2 Å². The van der Waals surface area contributed by atoms with Crippen LogP contribution in [0.2, 0.25) is 0 Å². The van der Waals surface area contributed by atoms with Crippen molar-refractivity contribution >= 4 is 17.3 Å². The molecule has 4 heteroatoms. The fourth-order valence-corrected chi connectivity index (χ4v) is 2.15. The first-order valence-corrected chi connectivity index (χ1v) is 7.78. The molecule has 0 aliphatic carbocycles. The predicted octanol–water partition coefficient (Wildman–Crippen LogP) is 3.58. The number of carbonyl (C=O) groups is 1. The minimum atomic E-state index is -0.167. The van der Waals surface area contributed by atoms with Gasteiger partial charge >= 0.3 is 0 Å². The molecule has 0 heterocycles. The van der Waals surface area contributed by atoms with Crippen molar-refractivity contribution in [2.75, 3.05) is 11.9 Å². The average molecular weight is 309 g/mol. The Kier molecular flexibility index (Phi) is 5.92. The summed E-state index contributed by atoms with van der Waals surface area (Å²) in [4.78, 5) is 12.0. The maximum absolute atomic E-state index is 12.0. The Morgan fingerprint density at radius 2 is 1.70 bits per heavy atom. The molecule has 2 aromatic carbocycles. The zero-order valence-corrected chi connectivity index (χ0v) is 13.8. The van der Waals surface area contributed by atoms with Crippen molar-refractivity contribution in [3.8, 4) is 0 Å². The van der Waals surface area contributed by atoms with Crippen molar-refractivity contribution < 1.29 is 4.79 Å². The summed E-state index contributed by atoms with van der Waals surface area (Å²) < 4.78 is 0. The summed E-state index contributed by atoms with van der Waals surface area (Å²) in [7, 11) is 0. The fourth-order valence-electron chi connectivity index (χ4n) is 2.15. The third-order valence-electron chi connectivity index (χ3n) is 3.42. The normalized spacial score (nSPS) is 11.4. The molecular formula is C19H23N3O. The van der Waals surface area contributed by atoms with Gasteiger partial charge in [-0.15, -0.1) is 0 Å². The summed E-state index contributed by atoms with van der Waals surface area (Å²) in [5.74, 6) is 0.0578. The van der Waals surface area contributed by atoms with Gasteiger partial charge in [-0.1, -0.05) is 61.9 Å². The molecule has 2 N–H and O–H groups in total. The van der Waals surface area contributed by atoms with E-state index in [4.69, 9.17) is 0 Å². The molecule has 0 saturated heterocycles. The molecule has 23 heavy (non-hydrogen) atoms. The summed E-state index contributed by atoms with van der Waals surface area (Å²) in [5, 5.41) is 7.38. The third-order valence-corrected chi connectivity index (χ3v) is 3.42. The van der Waals surface area contributed by atoms with Crippen molar-refractivity contribution in [2.45, 2.75) is 20.8 Å². The molecule has 1 amide bonds. The van der Waals surface area contributed by atoms with Crippen LogP contribution in [0.3, 0.4) is 0 Å². The Morgan fingerprint density at radius 3 is 2.30 bits per heavy atom. The van der Waals surface area contributed by atoms with Gasteiger partial charge in [-0.25, -0.2) is 5.43 Å². The second-order valence-corrected chi connectivity index (χ2v) is 5.77. The van der Waals surface area contributed by atoms with Gasteiger partial charge in [-0.05, 0) is 30.5 Å². The highest BCUT2D eigenvalue weighted by atomic mass is 16.2. The van der Waals surface area contributed by atoms with Gasteiger partial charge in [0.2, 0.25) is 0 Å². The van der Waals surface area contributed by atoms with E-state index >= 15 is 0 Å². The molecule has 4 nitrogen and oxygen atoms in total. The number of amides is 1. The molecular weight excluding hydrogens is 286 g/mol. The number of hydrogen-bond donors (Lipinski definition) is 2. The molecule has 0 saturated carbocycles. The van der Waals surface area contributed by atoms with Crippen molar-refractivity contribution in [1.82, 2.24) is 5.43 Å². The fraction of sp³-hybridized carbons (Fsp3) is 0.263. The minimum absolute atomic E-state index is 0.167. The highest BCUT2D eigenvalue weighted by Gasteiger charge is 2.09. The lowest BCUT2D eigenvalue weighted by Gasteiger charge is -2.11. The minimum Gasteiger partial charge on any atom is -0.376 e. The van der Waals surface area contributed by atoms with Crippen molar-refractivity contribution in [2.24, 2.45) is 11.0 Å². The van der Waals surface area contributed by atoms with E-state index < -0.39 is 0 Å². The summed E-state index contributed by atoms with van der Waals surface area (Å²) in [6.07, 6.45) is 0. The SMILES string of the molecule is Cc1ccc(NCC(=O)N/N=C(\c2ccccc2)C(C)C)cc1. The lowest BCUT2D eigenvalue weighted by atomic mass is 10.0. The predicted molar refractivity (Wildman–Crippen MR) is 95.6 cm³/mol. The second-order valence-electron chi connectivity index (χ2n) is 5.77. The van der Waals surface area contributed by atoms with Crippen LogP contribution < -0.4 is 10.7 Å². The van der Waals surface area contributed by atoms with E-state index in [2.05, 4.69) is 29.7 Å². The first-order chi connectivity index (χ1) is 11.1. The maximum Gasteiger partial charge on any atom is 0.259 e. The number of hydrazone groups is 1. The van der Waals surface area contributed by atoms with E-state index in [9.17, 15) is 4.79 Å². The Bertz CT molecular complexity index is 661. The van der Waals surface area contributed by atoms with E-state index in [0.717, 1.165) is 17.0 Å². The van der Waals surface area contributed by atoms with Gasteiger partial charge in [0.25, 0.3) is 5.91 Å². The molecule has 0 spiro atoms. The van der Waals surface area contributed by atoms with Gasteiger partial charge in [-0.2, -0.15) is 5.10 Å². The average Bonchev–Trinajstić information content (AvgIpc) is 2.55. The molecule has 0 unspecified atom stereocenters. The zero-order chi connectivity index (χ0) is 16.7. The van der Waals surface area contributed by atoms with E-state index in [1.807, 2.05) is 61.5 Å². The maximum atomic E-state index is 12.0. The van der Waals surface area contributed by atoms with Crippen LogP contribution in [0.1, 0.15) is 25.0 Å². The Hall–Kier alpha value is -2.62. The van der Waals surface area contributed by atoms with E-state index in [1.165, 1.54) is 5.56 Å². The number of hydrogen-bond acceptors (Lipinski definition) is 3. The molecule has 0 bridgehead atoms. The number of anilines is 1. The van der Waals surface area contributed by atoms with Gasteiger partial charge in [0.1, 0.15) is 0 Å². The molecule has 0 atom stereocenters. The standard InChI is InChI=1S/C19H23N3O/c1-14(2)19(16-7-5-4-6-8-16)22-21-18(23)13-20-17-11-9-15(3)10-12-17/h4-12,14,20H,13H2,1-3H3,(H,21,23)/b22-19-. The zero-order valence-electron chi connectivity index (χ0n) is 13.8. The molecule has 2 rings (SSSR count). The number of nitrogens with one attached hydrogen (secondary N) is 2. The van der Waals surface area contributed by atoms with Crippen molar-refractivity contribution in [3.63, 3.8) is 0 Å². The Morgan fingerprint density at radius 1 is 1.04 bits per heavy atom. The van der Waals surface area contributed by atoms with Crippen LogP contribution in [0.25, 0.3) is 0 Å². The van der Waals surface area contributed by atoms with E-state index in [0.29, 0.717) is 0 Å². The highest BCUT2D eigenvalue weighted by Crippen LogP contribution is 2.09. The molecule has 0 aliphatic heterocycles. The third kappa shape index (κ3) is 5.25. The highest BCUT2D eigenvalue weighted by molar-refractivity contribution is 6.02. The smallest absolute Gasteiger partial charge is 0.259 e. The number of carbonyl (C=O) groups excluding carboxylic acids is 1. The Balaban J connectivity index is 1.94. The molecule has 0 fully saturated rings. The first-order valence-electron chi connectivity index (χ1n) is 7.78. The van der Waals surface area contributed by atoms with Gasteiger partial charge in [0, 0.05) is 5.69 Å². The molecule has 0 aliphatic rings. The molecule has 0 radical (unpaired) electrons. The van der Waals surface area contributed by atoms with Crippen LogP contribution >= 0.6 is 0 Å². The van der Waals surface area contributed by atoms with Crippen LogP contribution in [0.5, 0.6) is 0 Å². The summed E-state index contributed by atoms with van der Waals surface area (Å²) in [5.41, 5.74) is 6.63. The van der Waals surface area contributed by atoms with Gasteiger partial charge in [0.05, 0.1) is 12.3 Å². The van der Waals surface area contributed by atoms with Crippen LogP contribution in [-0.2, 0) is 4.79 Å². The lowest BCUT2D eigenvalue weighted by molar-refractivity contribution is -0.119. The van der Waals surface area contributed by atoms with Crippen LogP contribution in [0, 0.1) is 12.8 Å². The lowest BCUT2D eigenvalue weighted by Crippen LogP contribution is -2.28. The van der Waals surface area contributed by atoms with Crippen LogP contribution in [0.4, 0.5) is 5.69 Å². The molecule has 120 valence electrons. The van der Waals surface area contributed by atoms with Crippen molar-refractivity contribution in [3.05, 3.63) is 65.7 Å². The second kappa shape index (κ2) is 8.13. The number of aryl methyl sites for hydroxylation is 1. The molecule has 0 aromatic heterocycles. The number of nitrogens with zero attached hydrogens (tertiary/aromatic N) is 1. The molecule has 2 aromatic rings. The monoisotopic (exact) mass is 309 g/mol. The number of benzene rings is 2. The van der Waals surface area contributed by atoms with E-state index in [1.54, 1.807) is 0 Å². The van der Waals surface area contributed by atoms with Gasteiger partial charge < -0.3 is 5.32 Å². The topological polar surface area (TPSA) is 53.5 Å². The Labute approximate surface area is 137 Å². The first kappa shape index (κ1) is 16.7. The largest absolute Gasteiger partial charge is 0.376 e. The number of rotatable bonds is 6. The summed E-state index contributed by atoms with van der Waals surface area (Å²) in [6.45, 7) is 6.33. The summed E-state index contributed by atoms with van der Waals surface area (Å²) in [6, 6.07) is 17.8. The quantitative estimate of drug-likeness (QED) is 0.633.